The Bertz CT molecular complexity index is 442. The predicted octanol–water partition coefficient (Wildman–Crippen LogP) is 2.33. The quantitative estimate of drug-likeness (QED) is 0.879. The monoisotopic (exact) mass is 260 g/mol. The number of hydrogen-bond donors (Lipinski definition) is 1. The number of methoxy groups -OCH3 is 1. The van der Waals surface area contributed by atoms with Crippen molar-refractivity contribution in [3.8, 4) is 5.75 Å². The summed E-state index contributed by atoms with van der Waals surface area (Å²) < 4.78 is 5.43. The molecule has 1 N–H and O–H groups in total. The number of aryl methyl sites for hydroxylation is 1. The van der Waals surface area contributed by atoms with Crippen molar-refractivity contribution in [1.82, 2.24) is 10.2 Å². The minimum atomic E-state index is 0.644. The summed E-state index contributed by atoms with van der Waals surface area (Å²) in [6.45, 7) is 5.54. The second kappa shape index (κ2) is 5.51. The second-order valence-corrected chi connectivity index (χ2v) is 5.91. The fraction of sp³-hybridized carbons (Fsp3) is 0.625. The molecule has 2 fully saturated rings. The first-order valence-corrected chi connectivity index (χ1v) is 7.37. The molecule has 0 amide bonds. The predicted molar refractivity (Wildman–Crippen MR) is 77.6 cm³/mol. The van der Waals surface area contributed by atoms with Crippen molar-refractivity contribution < 1.29 is 4.74 Å². The minimum Gasteiger partial charge on any atom is -0.496 e. The first-order valence-electron chi connectivity index (χ1n) is 7.37. The first kappa shape index (κ1) is 12.9. The van der Waals surface area contributed by atoms with Crippen molar-refractivity contribution in [2.45, 2.75) is 44.8 Å². The average molecular weight is 260 g/mol. The van der Waals surface area contributed by atoms with E-state index in [4.69, 9.17) is 4.74 Å². The van der Waals surface area contributed by atoms with Crippen LogP contribution in [0.5, 0.6) is 5.75 Å². The molecular weight excluding hydrogens is 236 g/mol. The molecule has 104 valence electrons. The normalized spacial score (nSPS) is 23.8. The fourth-order valence-electron chi connectivity index (χ4n) is 3.03. The molecular formula is C16H24N2O. The molecule has 0 aromatic heterocycles. The lowest BCUT2D eigenvalue weighted by atomic mass is 10.1. The largest absolute Gasteiger partial charge is 0.496 e. The van der Waals surface area contributed by atoms with Gasteiger partial charge in [0.2, 0.25) is 0 Å². The van der Waals surface area contributed by atoms with E-state index in [1.165, 1.54) is 43.5 Å². The highest BCUT2D eigenvalue weighted by atomic mass is 16.5. The molecule has 3 nitrogen and oxygen atoms in total. The van der Waals surface area contributed by atoms with Crippen LogP contribution >= 0.6 is 0 Å². The Kier molecular flexibility index (Phi) is 3.76. The zero-order valence-corrected chi connectivity index (χ0v) is 12.0. The van der Waals surface area contributed by atoms with Crippen LogP contribution in [0.25, 0.3) is 0 Å². The Morgan fingerprint density at radius 1 is 1.32 bits per heavy atom. The molecule has 3 rings (SSSR count). The SMILES string of the molecule is COc1ccc(C)cc1CNC1CCN(C2CC2)C1. The van der Waals surface area contributed by atoms with E-state index in [-0.39, 0.29) is 0 Å². The number of likely N-dealkylation sites (tertiary alicyclic amines) is 1. The summed E-state index contributed by atoms with van der Waals surface area (Å²) in [6, 6.07) is 7.94. The number of hydrogen-bond acceptors (Lipinski definition) is 3. The van der Waals surface area contributed by atoms with E-state index in [2.05, 4.69) is 35.3 Å². The molecule has 1 heterocycles. The van der Waals surface area contributed by atoms with Crippen molar-refractivity contribution in [2.75, 3.05) is 20.2 Å². The third-order valence-corrected chi connectivity index (χ3v) is 4.30. The molecule has 0 radical (unpaired) electrons. The first-order chi connectivity index (χ1) is 9.26. The summed E-state index contributed by atoms with van der Waals surface area (Å²) in [6.07, 6.45) is 4.11. The van der Waals surface area contributed by atoms with Crippen LogP contribution in [0.1, 0.15) is 30.4 Å². The molecule has 1 aliphatic heterocycles. The van der Waals surface area contributed by atoms with Gasteiger partial charge in [-0.3, -0.25) is 4.90 Å². The summed E-state index contributed by atoms with van der Waals surface area (Å²) in [4.78, 5) is 2.64. The standard InChI is InChI=1S/C16H24N2O/c1-12-3-6-16(19-2)13(9-12)10-17-14-7-8-18(11-14)15-4-5-15/h3,6,9,14-15,17H,4-5,7-8,10-11H2,1-2H3. The van der Waals surface area contributed by atoms with E-state index in [9.17, 15) is 0 Å². The van der Waals surface area contributed by atoms with Crippen LogP contribution in [0.2, 0.25) is 0 Å². The van der Waals surface area contributed by atoms with E-state index in [0.717, 1.165) is 18.3 Å². The molecule has 1 saturated heterocycles. The van der Waals surface area contributed by atoms with Crippen molar-refractivity contribution in [3.63, 3.8) is 0 Å². The van der Waals surface area contributed by atoms with Gasteiger partial charge in [0.05, 0.1) is 7.11 Å². The van der Waals surface area contributed by atoms with Crippen LogP contribution in [0.4, 0.5) is 0 Å². The average Bonchev–Trinajstić information content (AvgIpc) is 3.16. The van der Waals surface area contributed by atoms with Crippen LogP contribution < -0.4 is 10.1 Å². The van der Waals surface area contributed by atoms with Gasteiger partial charge in [0.15, 0.2) is 0 Å². The lowest BCUT2D eigenvalue weighted by molar-refractivity contribution is 0.317. The van der Waals surface area contributed by atoms with Crippen LogP contribution in [-0.4, -0.2) is 37.2 Å². The minimum absolute atomic E-state index is 0.644. The fourth-order valence-corrected chi connectivity index (χ4v) is 3.03. The van der Waals surface area contributed by atoms with Crippen molar-refractivity contribution in [2.24, 2.45) is 0 Å². The van der Waals surface area contributed by atoms with Crippen LogP contribution in [0.15, 0.2) is 18.2 Å². The highest BCUT2D eigenvalue weighted by Gasteiger charge is 2.34. The number of ether oxygens (including phenoxy) is 1. The number of rotatable bonds is 5. The molecule has 19 heavy (non-hydrogen) atoms. The summed E-state index contributed by atoms with van der Waals surface area (Å²) >= 11 is 0. The molecule has 1 aromatic carbocycles. The molecule has 1 saturated carbocycles. The van der Waals surface area contributed by atoms with E-state index in [1.54, 1.807) is 7.11 Å². The third-order valence-electron chi connectivity index (χ3n) is 4.30. The highest BCUT2D eigenvalue weighted by molar-refractivity contribution is 5.36. The maximum Gasteiger partial charge on any atom is 0.123 e. The molecule has 1 unspecified atom stereocenters. The second-order valence-electron chi connectivity index (χ2n) is 5.91. The maximum atomic E-state index is 5.43. The zero-order valence-electron chi connectivity index (χ0n) is 12.0. The summed E-state index contributed by atoms with van der Waals surface area (Å²) in [5.74, 6) is 0.996. The van der Waals surface area contributed by atoms with Crippen LogP contribution in [0, 0.1) is 6.92 Å². The number of nitrogens with zero attached hydrogens (tertiary/aromatic N) is 1. The van der Waals surface area contributed by atoms with Gasteiger partial charge in [-0.25, -0.2) is 0 Å². The van der Waals surface area contributed by atoms with Gasteiger partial charge < -0.3 is 10.1 Å². The molecule has 1 aromatic rings. The Labute approximate surface area is 115 Å². The van der Waals surface area contributed by atoms with Gasteiger partial charge in [-0.2, -0.15) is 0 Å². The third kappa shape index (κ3) is 3.10. The van der Waals surface area contributed by atoms with Crippen molar-refractivity contribution >= 4 is 0 Å². The summed E-state index contributed by atoms with van der Waals surface area (Å²) in [5.41, 5.74) is 2.57. The Balaban J connectivity index is 1.55. The summed E-state index contributed by atoms with van der Waals surface area (Å²) in [7, 11) is 1.75. The summed E-state index contributed by atoms with van der Waals surface area (Å²) in [5, 5.41) is 3.69. The van der Waals surface area contributed by atoms with Crippen molar-refractivity contribution in [1.29, 1.82) is 0 Å². The topological polar surface area (TPSA) is 24.5 Å². The van der Waals surface area contributed by atoms with Crippen LogP contribution in [0.3, 0.4) is 0 Å². The van der Waals surface area contributed by atoms with Crippen molar-refractivity contribution in [3.05, 3.63) is 29.3 Å². The maximum absolute atomic E-state index is 5.43. The molecule has 1 aliphatic carbocycles. The smallest absolute Gasteiger partial charge is 0.123 e. The van der Waals surface area contributed by atoms with E-state index in [0.29, 0.717) is 6.04 Å². The van der Waals surface area contributed by atoms with Gasteiger partial charge in [0, 0.05) is 37.3 Å². The van der Waals surface area contributed by atoms with E-state index in [1.807, 2.05) is 0 Å². The Hall–Kier alpha value is -1.06. The van der Waals surface area contributed by atoms with Gasteiger partial charge >= 0.3 is 0 Å². The Morgan fingerprint density at radius 3 is 2.89 bits per heavy atom. The highest BCUT2D eigenvalue weighted by Crippen LogP contribution is 2.30. The Morgan fingerprint density at radius 2 is 2.16 bits per heavy atom. The zero-order chi connectivity index (χ0) is 13.2. The van der Waals surface area contributed by atoms with Gasteiger partial charge in [0.1, 0.15) is 5.75 Å². The van der Waals surface area contributed by atoms with Gasteiger partial charge in [-0.15, -0.1) is 0 Å². The van der Waals surface area contributed by atoms with Gasteiger partial charge in [-0.05, 0) is 32.3 Å². The van der Waals surface area contributed by atoms with E-state index >= 15 is 0 Å². The number of nitrogens with one attached hydrogen (secondary N) is 1. The lowest BCUT2D eigenvalue weighted by Gasteiger charge is -2.17. The number of benzene rings is 1. The molecule has 0 bridgehead atoms. The van der Waals surface area contributed by atoms with Gasteiger partial charge in [0.25, 0.3) is 0 Å². The van der Waals surface area contributed by atoms with Gasteiger partial charge in [-0.1, -0.05) is 17.7 Å². The molecule has 1 atom stereocenters. The molecule has 0 spiro atoms. The van der Waals surface area contributed by atoms with E-state index < -0.39 is 0 Å². The van der Waals surface area contributed by atoms with Crippen LogP contribution in [-0.2, 0) is 6.54 Å². The molecule has 3 heteroatoms. The molecule has 2 aliphatic rings. The lowest BCUT2D eigenvalue weighted by Crippen LogP contribution is -2.33.